The zero-order chi connectivity index (χ0) is 11.4. The highest BCUT2D eigenvalue weighted by atomic mass is 16.5. The van der Waals surface area contributed by atoms with Crippen molar-refractivity contribution in [3.8, 4) is 0 Å². The van der Waals surface area contributed by atoms with Gasteiger partial charge in [-0.05, 0) is 19.3 Å². The van der Waals surface area contributed by atoms with Crippen LogP contribution in [0.4, 0.5) is 0 Å². The Morgan fingerprint density at radius 2 is 2.00 bits per heavy atom. The predicted octanol–water partition coefficient (Wildman–Crippen LogP) is 2.92. The lowest BCUT2D eigenvalue weighted by Crippen LogP contribution is -2.09. The number of hydrogen-bond acceptors (Lipinski definition) is 4. The molecule has 0 aliphatic heterocycles. The molecule has 0 amide bonds. The second-order valence-electron chi connectivity index (χ2n) is 4.69. The van der Waals surface area contributed by atoms with Gasteiger partial charge in [-0.3, -0.25) is 0 Å². The van der Waals surface area contributed by atoms with Gasteiger partial charge in [-0.1, -0.05) is 37.8 Å². The van der Waals surface area contributed by atoms with Crippen LogP contribution in [-0.4, -0.2) is 10.1 Å². The Kier molecular flexibility index (Phi) is 3.93. The Labute approximate surface area is 96.6 Å². The highest BCUT2D eigenvalue weighted by Crippen LogP contribution is 2.30. The SMILES string of the molecule is CCC(N)c1nc(C2CCCCCC2)no1. The molecular weight excluding hydrogens is 202 g/mol. The summed E-state index contributed by atoms with van der Waals surface area (Å²) in [6.07, 6.45) is 8.49. The lowest BCUT2D eigenvalue weighted by atomic mass is 10.00. The van der Waals surface area contributed by atoms with Crippen molar-refractivity contribution < 1.29 is 4.52 Å². The third kappa shape index (κ3) is 2.61. The molecule has 4 nitrogen and oxygen atoms in total. The van der Waals surface area contributed by atoms with Gasteiger partial charge < -0.3 is 10.3 Å². The van der Waals surface area contributed by atoms with Crippen molar-refractivity contribution in [2.45, 2.75) is 63.8 Å². The summed E-state index contributed by atoms with van der Waals surface area (Å²) >= 11 is 0. The monoisotopic (exact) mass is 223 g/mol. The second-order valence-corrected chi connectivity index (χ2v) is 4.69. The molecule has 1 aliphatic rings. The summed E-state index contributed by atoms with van der Waals surface area (Å²) in [4.78, 5) is 4.44. The summed E-state index contributed by atoms with van der Waals surface area (Å²) in [7, 11) is 0. The normalized spacial score (nSPS) is 20.6. The average Bonchev–Trinajstić information content (AvgIpc) is 2.64. The Morgan fingerprint density at radius 3 is 2.62 bits per heavy atom. The van der Waals surface area contributed by atoms with Gasteiger partial charge in [0.15, 0.2) is 5.82 Å². The van der Waals surface area contributed by atoms with Crippen molar-refractivity contribution in [1.29, 1.82) is 0 Å². The molecule has 1 fully saturated rings. The van der Waals surface area contributed by atoms with E-state index in [2.05, 4.69) is 10.1 Å². The van der Waals surface area contributed by atoms with Crippen LogP contribution < -0.4 is 5.73 Å². The highest BCUT2D eigenvalue weighted by Gasteiger charge is 2.21. The fourth-order valence-electron chi connectivity index (χ4n) is 2.28. The van der Waals surface area contributed by atoms with Crippen LogP contribution >= 0.6 is 0 Å². The maximum atomic E-state index is 5.87. The minimum absolute atomic E-state index is 0.105. The van der Waals surface area contributed by atoms with Crippen LogP contribution in [0.15, 0.2) is 4.52 Å². The maximum absolute atomic E-state index is 5.87. The first kappa shape index (κ1) is 11.6. The Morgan fingerprint density at radius 1 is 1.31 bits per heavy atom. The van der Waals surface area contributed by atoms with E-state index in [0.717, 1.165) is 12.2 Å². The molecule has 0 radical (unpaired) electrons. The Balaban J connectivity index is 2.05. The quantitative estimate of drug-likeness (QED) is 0.800. The third-order valence-electron chi connectivity index (χ3n) is 3.43. The van der Waals surface area contributed by atoms with Crippen LogP contribution in [0.25, 0.3) is 0 Å². The highest BCUT2D eigenvalue weighted by molar-refractivity contribution is 4.98. The third-order valence-corrected chi connectivity index (χ3v) is 3.43. The fourth-order valence-corrected chi connectivity index (χ4v) is 2.28. The molecule has 2 N–H and O–H groups in total. The first-order valence-corrected chi connectivity index (χ1v) is 6.40. The van der Waals surface area contributed by atoms with E-state index < -0.39 is 0 Å². The first-order chi connectivity index (χ1) is 7.81. The zero-order valence-electron chi connectivity index (χ0n) is 9.98. The number of nitrogens with two attached hydrogens (primary N) is 1. The van der Waals surface area contributed by atoms with Crippen molar-refractivity contribution in [2.75, 3.05) is 0 Å². The molecule has 90 valence electrons. The van der Waals surface area contributed by atoms with Gasteiger partial charge in [0.1, 0.15) is 0 Å². The molecule has 0 spiro atoms. The number of hydrogen-bond donors (Lipinski definition) is 1. The van der Waals surface area contributed by atoms with Crippen LogP contribution in [0.5, 0.6) is 0 Å². The molecule has 16 heavy (non-hydrogen) atoms. The van der Waals surface area contributed by atoms with E-state index in [1.807, 2.05) is 6.92 Å². The van der Waals surface area contributed by atoms with Crippen LogP contribution in [0.1, 0.15) is 75.5 Å². The molecule has 1 aliphatic carbocycles. The number of rotatable bonds is 3. The number of nitrogens with zero attached hydrogens (tertiary/aromatic N) is 2. The van der Waals surface area contributed by atoms with Gasteiger partial charge in [0.25, 0.3) is 0 Å². The fraction of sp³-hybridized carbons (Fsp3) is 0.833. The van der Waals surface area contributed by atoms with Gasteiger partial charge in [-0.15, -0.1) is 0 Å². The van der Waals surface area contributed by atoms with Crippen molar-refractivity contribution >= 4 is 0 Å². The van der Waals surface area contributed by atoms with E-state index in [4.69, 9.17) is 10.3 Å². The van der Waals surface area contributed by atoms with Gasteiger partial charge in [0.05, 0.1) is 6.04 Å². The van der Waals surface area contributed by atoms with Crippen LogP contribution in [0, 0.1) is 0 Å². The Bertz CT molecular complexity index is 316. The minimum Gasteiger partial charge on any atom is -0.338 e. The van der Waals surface area contributed by atoms with E-state index in [1.165, 1.54) is 38.5 Å². The molecule has 2 rings (SSSR count). The summed E-state index contributed by atoms with van der Waals surface area (Å²) in [6.45, 7) is 2.03. The number of aromatic nitrogens is 2. The smallest absolute Gasteiger partial charge is 0.243 e. The van der Waals surface area contributed by atoms with Gasteiger partial charge in [0, 0.05) is 5.92 Å². The molecule has 1 aromatic heterocycles. The van der Waals surface area contributed by atoms with Crippen molar-refractivity contribution in [1.82, 2.24) is 10.1 Å². The predicted molar refractivity (Wildman–Crippen MR) is 62.0 cm³/mol. The summed E-state index contributed by atoms with van der Waals surface area (Å²) in [6, 6.07) is -0.105. The standard InChI is InChI=1S/C12H21N3O/c1-2-10(13)12-14-11(15-16-12)9-7-5-3-4-6-8-9/h9-10H,2-8,13H2,1H3. The molecule has 1 atom stereocenters. The summed E-state index contributed by atoms with van der Waals surface area (Å²) in [5, 5.41) is 4.08. The van der Waals surface area contributed by atoms with E-state index >= 15 is 0 Å². The van der Waals surface area contributed by atoms with Crippen LogP contribution in [-0.2, 0) is 0 Å². The zero-order valence-corrected chi connectivity index (χ0v) is 9.98. The van der Waals surface area contributed by atoms with Gasteiger partial charge in [-0.25, -0.2) is 0 Å². The van der Waals surface area contributed by atoms with Gasteiger partial charge in [-0.2, -0.15) is 4.98 Å². The van der Waals surface area contributed by atoms with Gasteiger partial charge >= 0.3 is 0 Å². The lowest BCUT2D eigenvalue weighted by molar-refractivity contribution is 0.344. The largest absolute Gasteiger partial charge is 0.338 e. The van der Waals surface area contributed by atoms with Crippen molar-refractivity contribution in [3.63, 3.8) is 0 Å². The molecule has 0 saturated heterocycles. The summed E-state index contributed by atoms with van der Waals surface area (Å²) in [5.41, 5.74) is 5.87. The summed E-state index contributed by atoms with van der Waals surface area (Å²) < 4.78 is 5.23. The van der Waals surface area contributed by atoms with E-state index in [0.29, 0.717) is 11.8 Å². The molecular formula is C12H21N3O. The average molecular weight is 223 g/mol. The van der Waals surface area contributed by atoms with E-state index in [1.54, 1.807) is 0 Å². The van der Waals surface area contributed by atoms with E-state index in [9.17, 15) is 0 Å². The molecule has 1 aromatic rings. The van der Waals surface area contributed by atoms with Crippen LogP contribution in [0.2, 0.25) is 0 Å². The van der Waals surface area contributed by atoms with Crippen molar-refractivity contribution in [2.24, 2.45) is 5.73 Å². The summed E-state index contributed by atoms with van der Waals surface area (Å²) in [5.74, 6) is 1.96. The molecule has 0 bridgehead atoms. The molecule has 1 heterocycles. The molecule has 0 aromatic carbocycles. The molecule has 1 saturated carbocycles. The Hall–Kier alpha value is -0.900. The van der Waals surface area contributed by atoms with Crippen LogP contribution in [0.3, 0.4) is 0 Å². The lowest BCUT2D eigenvalue weighted by Gasteiger charge is -2.07. The first-order valence-electron chi connectivity index (χ1n) is 6.40. The minimum atomic E-state index is -0.105. The second kappa shape index (κ2) is 5.43. The topological polar surface area (TPSA) is 64.9 Å². The van der Waals surface area contributed by atoms with Gasteiger partial charge in [0.2, 0.25) is 5.89 Å². The maximum Gasteiger partial charge on any atom is 0.243 e. The van der Waals surface area contributed by atoms with E-state index in [-0.39, 0.29) is 6.04 Å². The molecule has 4 heteroatoms. The van der Waals surface area contributed by atoms with Crippen molar-refractivity contribution in [3.05, 3.63) is 11.7 Å². The molecule has 1 unspecified atom stereocenters.